The molecule has 0 unspecified atom stereocenters. The topological polar surface area (TPSA) is 39.4 Å². The van der Waals surface area contributed by atoms with Crippen molar-refractivity contribution in [3.63, 3.8) is 0 Å². The Bertz CT molecular complexity index is 630. The molecule has 0 aliphatic heterocycles. The summed E-state index contributed by atoms with van der Waals surface area (Å²) in [4.78, 5) is 6.19. The van der Waals surface area contributed by atoms with Gasteiger partial charge in [-0.2, -0.15) is 5.26 Å². The molecule has 0 radical (unpaired) electrons. The van der Waals surface area contributed by atoms with Gasteiger partial charge in [0.15, 0.2) is 0 Å². The first-order valence-electron chi connectivity index (χ1n) is 5.91. The minimum absolute atomic E-state index is 0.645. The molecule has 1 aromatic carbocycles. The van der Waals surface area contributed by atoms with Gasteiger partial charge in [0.05, 0.1) is 11.9 Å². The lowest BCUT2D eigenvalue weighted by molar-refractivity contribution is 0.643. The normalized spacial score (nSPS) is 10.6. The first kappa shape index (κ1) is 13.3. The Morgan fingerprint density at radius 3 is 2.53 bits per heavy atom. The fraction of sp³-hybridized carbons (Fsp3) is 0.200. The second-order valence-electron chi connectivity index (χ2n) is 4.52. The SMILES string of the molecule is Cc1ccc(-c2csc(N=CN(C)C)c2C#N)cc1. The van der Waals surface area contributed by atoms with Crippen molar-refractivity contribution in [3.8, 4) is 17.2 Å². The van der Waals surface area contributed by atoms with Gasteiger partial charge < -0.3 is 4.90 Å². The van der Waals surface area contributed by atoms with Crippen molar-refractivity contribution in [2.24, 2.45) is 4.99 Å². The fourth-order valence-corrected chi connectivity index (χ4v) is 2.53. The summed E-state index contributed by atoms with van der Waals surface area (Å²) in [7, 11) is 3.81. The van der Waals surface area contributed by atoms with E-state index in [-0.39, 0.29) is 0 Å². The summed E-state index contributed by atoms with van der Waals surface area (Å²) in [6, 6.07) is 10.4. The molecule has 2 aromatic rings. The highest BCUT2D eigenvalue weighted by molar-refractivity contribution is 7.14. The Kier molecular flexibility index (Phi) is 3.98. The van der Waals surface area contributed by atoms with Crippen molar-refractivity contribution in [3.05, 3.63) is 40.8 Å². The molecule has 0 spiro atoms. The van der Waals surface area contributed by atoms with Gasteiger partial charge in [0.1, 0.15) is 11.1 Å². The van der Waals surface area contributed by atoms with E-state index in [1.807, 2.05) is 36.5 Å². The van der Waals surface area contributed by atoms with E-state index < -0.39 is 0 Å². The van der Waals surface area contributed by atoms with Crippen LogP contribution in [0.3, 0.4) is 0 Å². The van der Waals surface area contributed by atoms with Crippen LogP contribution in [0.4, 0.5) is 5.00 Å². The second-order valence-corrected chi connectivity index (χ2v) is 5.37. The molecule has 0 N–H and O–H groups in total. The molecular formula is C15H15N3S. The van der Waals surface area contributed by atoms with Crippen LogP contribution in [0, 0.1) is 18.3 Å². The van der Waals surface area contributed by atoms with E-state index in [1.54, 1.807) is 6.34 Å². The van der Waals surface area contributed by atoms with Gasteiger partial charge in [-0.15, -0.1) is 11.3 Å². The summed E-state index contributed by atoms with van der Waals surface area (Å²) in [6.45, 7) is 2.05. The van der Waals surface area contributed by atoms with Crippen LogP contribution in [0.15, 0.2) is 34.6 Å². The monoisotopic (exact) mass is 269 g/mol. The predicted octanol–water partition coefficient (Wildman–Crippen LogP) is 3.82. The molecule has 19 heavy (non-hydrogen) atoms. The molecule has 96 valence electrons. The number of nitriles is 1. The van der Waals surface area contributed by atoms with Crippen LogP contribution in [0.5, 0.6) is 0 Å². The maximum absolute atomic E-state index is 9.34. The largest absolute Gasteiger partial charge is 0.369 e. The number of aliphatic imine (C=N–C) groups is 1. The molecular weight excluding hydrogens is 254 g/mol. The summed E-state index contributed by atoms with van der Waals surface area (Å²) in [6.07, 6.45) is 1.71. The molecule has 0 aliphatic rings. The smallest absolute Gasteiger partial charge is 0.136 e. The molecule has 1 heterocycles. The first-order chi connectivity index (χ1) is 9.11. The van der Waals surface area contributed by atoms with Gasteiger partial charge in [0.2, 0.25) is 0 Å². The average molecular weight is 269 g/mol. The van der Waals surface area contributed by atoms with Gasteiger partial charge in [0, 0.05) is 25.0 Å². The van der Waals surface area contributed by atoms with Crippen LogP contribution in [-0.4, -0.2) is 25.3 Å². The van der Waals surface area contributed by atoms with Crippen molar-refractivity contribution >= 4 is 22.7 Å². The predicted molar refractivity (Wildman–Crippen MR) is 81.0 cm³/mol. The van der Waals surface area contributed by atoms with Gasteiger partial charge >= 0.3 is 0 Å². The van der Waals surface area contributed by atoms with Crippen LogP contribution in [0.1, 0.15) is 11.1 Å². The Hall–Kier alpha value is -2.12. The molecule has 3 nitrogen and oxygen atoms in total. The highest BCUT2D eigenvalue weighted by atomic mass is 32.1. The zero-order chi connectivity index (χ0) is 13.8. The molecule has 0 aliphatic carbocycles. The van der Waals surface area contributed by atoms with Gasteiger partial charge in [0.25, 0.3) is 0 Å². The van der Waals surface area contributed by atoms with Gasteiger partial charge in [-0.05, 0) is 12.5 Å². The summed E-state index contributed by atoms with van der Waals surface area (Å²) in [5, 5.41) is 12.1. The number of rotatable bonds is 3. The Morgan fingerprint density at radius 1 is 1.26 bits per heavy atom. The molecule has 0 atom stereocenters. The molecule has 0 amide bonds. The maximum atomic E-state index is 9.34. The number of thiophene rings is 1. The van der Waals surface area contributed by atoms with Crippen LogP contribution in [0.25, 0.3) is 11.1 Å². The average Bonchev–Trinajstić information content (AvgIpc) is 2.80. The standard InChI is InChI=1S/C15H15N3S/c1-11-4-6-12(7-5-11)14-9-19-15(13(14)8-16)17-10-18(2)3/h4-7,9-10H,1-3H3. The third-order valence-electron chi connectivity index (χ3n) is 2.65. The number of hydrogen-bond donors (Lipinski definition) is 0. The lowest BCUT2D eigenvalue weighted by atomic mass is 10.0. The van der Waals surface area contributed by atoms with E-state index in [0.29, 0.717) is 5.56 Å². The lowest BCUT2D eigenvalue weighted by Crippen LogP contribution is -2.06. The minimum Gasteiger partial charge on any atom is -0.369 e. The minimum atomic E-state index is 0.645. The molecule has 0 fully saturated rings. The van der Waals surface area contributed by atoms with Crippen LogP contribution in [0.2, 0.25) is 0 Å². The number of hydrogen-bond acceptors (Lipinski definition) is 3. The van der Waals surface area contributed by atoms with Crippen molar-refractivity contribution in [2.75, 3.05) is 14.1 Å². The van der Waals surface area contributed by atoms with E-state index in [9.17, 15) is 5.26 Å². The molecule has 1 aromatic heterocycles. The van der Waals surface area contributed by atoms with Crippen molar-refractivity contribution in [2.45, 2.75) is 6.92 Å². The van der Waals surface area contributed by atoms with E-state index >= 15 is 0 Å². The third kappa shape index (κ3) is 3.01. The van der Waals surface area contributed by atoms with E-state index in [2.05, 4.69) is 30.1 Å². The van der Waals surface area contributed by atoms with Gasteiger partial charge in [-0.1, -0.05) is 29.8 Å². The van der Waals surface area contributed by atoms with E-state index in [1.165, 1.54) is 16.9 Å². The Balaban J connectivity index is 2.43. The number of benzene rings is 1. The summed E-state index contributed by atoms with van der Waals surface area (Å²) < 4.78 is 0. The molecule has 4 heteroatoms. The zero-order valence-electron chi connectivity index (χ0n) is 11.2. The van der Waals surface area contributed by atoms with E-state index in [0.717, 1.165) is 16.1 Å². The van der Waals surface area contributed by atoms with Crippen molar-refractivity contribution in [1.82, 2.24) is 4.90 Å². The lowest BCUT2D eigenvalue weighted by Gasteiger charge is -2.02. The van der Waals surface area contributed by atoms with Gasteiger partial charge in [-0.25, -0.2) is 4.99 Å². The maximum Gasteiger partial charge on any atom is 0.136 e. The first-order valence-corrected chi connectivity index (χ1v) is 6.79. The van der Waals surface area contributed by atoms with E-state index in [4.69, 9.17) is 0 Å². The number of aryl methyl sites for hydroxylation is 1. The summed E-state index contributed by atoms with van der Waals surface area (Å²) >= 11 is 1.49. The zero-order valence-corrected chi connectivity index (χ0v) is 12.0. The summed E-state index contributed by atoms with van der Waals surface area (Å²) in [5.74, 6) is 0. The van der Waals surface area contributed by atoms with Gasteiger partial charge in [-0.3, -0.25) is 0 Å². The highest BCUT2D eigenvalue weighted by Crippen LogP contribution is 2.36. The number of nitrogens with zero attached hydrogens (tertiary/aromatic N) is 3. The highest BCUT2D eigenvalue weighted by Gasteiger charge is 2.12. The Morgan fingerprint density at radius 2 is 1.95 bits per heavy atom. The fourth-order valence-electron chi connectivity index (χ4n) is 1.66. The molecule has 2 rings (SSSR count). The second kappa shape index (κ2) is 5.68. The summed E-state index contributed by atoms with van der Waals surface area (Å²) in [5.41, 5.74) is 3.87. The molecule has 0 bridgehead atoms. The Labute approximate surface area is 117 Å². The van der Waals surface area contributed by atoms with Crippen molar-refractivity contribution in [1.29, 1.82) is 5.26 Å². The quantitative estimate of drug-likeness (QED) is 0.627. The molecule has 0 saturated carbocycles. The van der Waals surface area contributed by atoms with Crippen LogP contribution < -0.4 is 0 Å². The van der Waals surface area contributed by atoms with Crippen molar-refractivity contribution < 1.29 is 0 Å². The van der Waals surface area contributed by atoms with Crippen LogP contribution in [-0.2, 0) is 0 Å². The third-order valence-corrected chi connectivity index (χ3v) is 3.54. The molecule has 0 saturated heterocycles. The van der Waals surface area contributed by atoms with Crippen LogP contribution >= 0.6 is 11.3 Å².